The van der Waals surface area contributed by atoms with Gasteiger partial charge in [-0.3, -0.25) is 9.69 Å². The van der Waals surface area contributed by atoms with Crippen LogP contribution in [-0.2, 0) is 6.54 Å². The summed E-state index contributed by atoms with van der Waals surface area (Å²) in [6.07, 6.45) is 0. The fourth-order valence-corrected chi connectivity index (χ4v) is 3.11. The lowest BCUT2D eigenvalue weighted by molar-refractivity contribution is 0.0628. The molecule has 1 fully saturated rings. The van der Waals surface area contributed by atoms with Gasteiger partial charge in [0.1, 0.15) is 0 Å². The number of carbonyl (C=O) groups excluding carboxylic acids is 1. The summed E-state index contributed by atoms with van der Waals surface area (Å²) in [4.78, 5) is 16.7. The first kappa shape index (κ1) is 16.5. The Morgan fingerprint density at radius 2 is 1.83 bits per heavy atom. The minimum absolute atomic E-state index is 0.0228. The Morgan fingerprint density at radius 3 is 2.54 bits per heavy atom. The molecule has 0 spiro atoms. The average Bonchev–Trinajstić information content (AvgIpc) is 2.62. The minimum atomic E-state index is 0.0228. The van der Waals surface area contributed by atoms with Gasteiger partial charge in [0, 0.05) is 43.3 Å². The van der Waals surface area contributed by atoms with Crippen LogP contribution in [0.25, 0.3) is 0 Å². The molecule has 122 valence electrons. The monoisotopic (exact) mass is 339 g/mol. The predicted octanol–water partition coefficient (Wildman–Crippen LogP) is 3.17. The second-order valence-corrected chi connectivity index (χ2v) is 6.28. The van der Waals surface area contributed by atoms with Crippen LogP contribution in [0.15, 0.2) is 48.5 Å². The van der Waals surface area contributed by atoms with E-state index in [-0.39, 0.29) is 5.91 Å². The topological polar surface area (TPSA) is 47.3 Å². The van der Waals surface area contributed by atoms with E-state index in [0.29, 0.717) is 23.7 Å². The zero-order valence-electron chi connectivity index (χ0n) is 13.3. The molecule has 0 aliphatic carbocycles. The molecule has 0 saturated carbocycles. The third-order valence-electron chi connectivity index (χ3n) is 4.26. The SMILES string of the molecule is N#Cc1ccccc1CN1CCN(C(=O)c2cccc(Cl)c2)CC1. The van der Waals surface area contributed by atoms with Crippen LogP contribution in [0.2, 0.25) is 5.02 Å². The van der Waals surface area contributed by atoms with Crippen molar-refractivity contribution >= 4 is 17.5 Å². The molecule has 1 heterocycles. The molecule has 5 heteroatoms. The highest BCUT2D eigenvalue weighted by Crippen LogP contribution is 2.16. The van der Waals surface area contributed by atoms with Crippen molar-refractivity contribution in [3.8, 4) is 6.07 Å². The highest BCUT2D eigenvalue weighted by Gasteiger charge is 2.22. The standard InChI is InChI=1S/C19H18ClN3O/c20-18-7-3-6-15(12-18)19(24)23-10-8-22(9-11-23)14-17-5-2-1-4-16(17)13-21/h1-7,12H,8-11,14H2. The highest BCUT2D eigenvalue weighted by atomic mass is 35.5. The first-order valence-electron chi connectivity index (χ1n) is 7.92. The van der Waals surface area contributed by atoms with Gasteiger partial charge in [-0.2, -0.15) is 5.26 Å². The molecule has 0 unspecified atom stereocenters. The van der Waals surface area contributed by atoms with Gasteiger partial charge in [-0.15, -0.1) is 0 Å². The molecule has 0 N–H and O–H groups in total. The molecule has 3 rings (SSSR count). The smallest absolute Gasteiger partial charge is 0.253 e. The first-order valence-corrected chi connectivity index (χ1v) is 8.30. The van der Waals surface area contributed by atoms with E-state index in [1.807, 2.05) is 29.2 Å². The van der Waals surface area contributed by atoms with Gasteiger partial charge < -0.3 is 4.90 Å². The van der Waals surface area contributed by atoms with Gasteiger partial charge in [-0.05, 0) is 29.8 Å². The van der Waals surface area contributed by atoms with Crippen molar-refractivity contribution in [2.75, 3.05) is 26.2 Å². The Hall–Kier alpha value is -2.35. The fourth-order valence-electron chi connectivity index (χ4n) is 2.92. The number of piperazine rings is 1. The highest BCUT2D eigenvalue weighted by molar-refractivity contribution is 6.30. The second kappa shape index (κ2) is 7.48. The van der Waals surface area contributed by atoms with E-state index in [1.165, 1.54) is 0 Å². The maximum absolute atomic E-state index is 12.5. The van der Waals surface area contributed by atoms with Gasteiger partial charge in [0.2, 0.25) is 0 Å². The van der Waals surface area contributed by atoms with Gasteiger partial charge in [-0.25, -0.2) is 0 Å². The zero-order valence-corrected chi connectivity index (χ0v) is 14.0. The first-order chi connectivity index (χ1) is 11.7. The number of rotatable bonds is 3. The number of hydrogen-bond acceptors (Lipinski definition) is 3. The van der Waals surface area contributed by atoms with Crippen LogP contribution in [0.3, 0.4) is 0 Å². The summed E-state index contributed by atoms with van der Waals surface area (Å²) in [5.74, 6) is 0.0228. The third kappa shape index (κ3) is 3.76. The largest absolute Gasteiger partial charge is 0.336 e. The molecule has 1 saturated heterocycles. The summed E-state index contributed by atoms with van der Waals surface area (Å²) in [5, 5.41) is 9.76. The van der Waals surface area contributed by atoms with Crippen molar-refractivity contribution in [2.24, 2.45) is 0 Å². The lowest BCUT2D eigenvalue weighted by atomic mass is 10.1. The van der Waals surface area contributed by atoms with Crippen LogP contribution in [0.1, 0.15) is 21.5 Å². The second-order valence-electron chi connectivity index (χ2n) is 5.85. The minimum Gasteiger partial charge on any atom is -0.336 e. The molecule has 4 nitrogen and oxygen atoms in total. The van der Waals surface area contributed by atoms with Crippen LogP contribution in [-0.4, -0.2) is 41.9 Å². The number of nitriles is 1. The zero-order chi connectivity index (χ0) is 16.9. The summed E-state index contributed by atoms with van der Waals surface area (Å²) in [6, 6.07) is 17.0. The fraction of sp³-hybridized carbons (Fsp3) is 0.263. The summed E-state index contributed by atoms with van der Waals surface area (Å²) >= 11 is 5.96. The lowest BCUT2D eigenvalue weighted by Crippen LogP contribution is -2.48. The number of nitrogens with zero attached hydrogens (tertiary/aromatic N) is 3. The van der Waals surface area contributed by atoms with Crippen molar-refractivity contribution < 1.29 is 4.79 Å². The number of benzene rings is 2. The van der Waals surface area contributed by atoms with Gasteiger partial charge in [0.05, 0.1) is 11.6 Å². The summed E-state index contributed by atoms with van der Waals surface area (Å²) in [5.41, 5.74) is 2.38. The van der Waals surface area contributed by atoms with Crippen molar-refractivity contribution in [1.82, 2.24) is 9.80 Å². The van der Waals surface area contributed by atoms with Crippen molar-refractivity contribution in [3.63, 3.8) is 0 Å². The molecule has 1 aliphatic heterocycles. The van der Waals surface area contributed by atoms with Gasteiger partial charge in [-0.1, -0.05) is 35.9 Å². The molecule has 1 amide bonds. The van der Waals surface area contributed by atoms with Gasteiger partial charge >= 0.3 is 0 Å². The predicted molar refractivity (Wildman–Crippen MR) is 93.8 cm³/mol. The number of amides is 1. The Labute approximate surface area is 146 Å². The normalized spacial score (nSPS) is 15.1. The van der Waals surface area contributed by atoms with E-state index < -0.39 is 0 Å². The third-order valence-corrected chi connectivity index (χ3v) is 4.50. The van der Waals surface area contributed by atoms with Crippen LogP contribution in [0, 0.1) is 11.3 Å². The molecule has 1 aliphatic rings. The Morgan fingerprint density at radius 1 is 1.08 bits per heavy atom. The molecule has 0 radical (unpaired) electrons. The van der Waals surface area contributed by atoms with Crippen molar-refractivity contribution in [3.05, 3.63) is 70.2 Å². The molecule has 2 aromatic carbocycles. The quantitative estimate of drug-likeness (QED) is 0.863. The van der Waals surface area contributed by atoms with Crippen LogP contribution in [0.4, 0.5) is 0 Å². The van der Waals surface area contributed by atoms with Gasteiger partial charge in [0.15, 0.2) is 0 Å². The number of halogens is 1. The summed E-state index contributed by atoms with van der Waals surface area (Å²) in [6.45, 7) is 3.70. The van der Waals surface area contributed by atoms with E-state index >= 15 is 0 Å². The van der Waals surface area contributed by atoms with Gasteiger partial charge in [0.25, 0.3) is 5.91 Å². The Balaban J connectivity index is 1.60. The maximum atomic E-state index is 12.5. The van der Waals surface area contributed by atoms with E-state index in [4.69, 9.17) is 11.6 Å². The molecule has 2 aromatic rings. The average molecular weight is 340 g/mol. The molecule has 0 atom stereocenters. The maximum Gasteiger partial charge on any atom is 0.253 e. The number of hydrogen-bond donors (Lipinski definition) is 0. The number of carbonyl (C=O) groups is 1. The summed E-state index contributed by atoms with van der Waals surface area (Å²) < 4.78 is 0. The van der Waals surface area contributed by atoms with E-state index in [2.05, 4.69) is 11.0 Å². The molecule has 0 bridgehead atoms. The van der Waals surface area contributed by atoms with E-state index in [9.17, 15) is 10.1 Å². The molecule has 0 aromatic heterocycles. The molecular weight excluding hydrogens is 322 g/mol. The summed E-state index contributed by atoms with van der Waals surface area (Å²) in [7, 11) is 0. The Bertz CT molecular complexity index is 776. The molecular formula is C19H18ClN3O. The van der Waals surface area contributed by atoms with E-state index in [1.54, 1.807) is 24.3 Å². The van der Waals surface area contributed by atoms with E-state index in [0.717, 1.165) is 30.8 Å². The van der Waals surface area contributed by atoms with Crippen LogP contribution in [0.5, 0.6) is 0 Å². The van der Waals surface area contributed by atoms with Crippen molar-refractivity contribution in [2.45, 2.75) is 6.54 Å². The van der Waals surface area contributed by atoms with Crippen molar-refractivity contribution in [1.29, 1.82) is 5.26 Å². The lowest BCUT2D eigenvalue weighted by Gasteiger charge is -2.35. The van der Waals surface area contributed by atoms with Crippen LogP contribution < -0.4 is 0 Å². The Kier molecular flexibility index (Phi) is 5.14. The molecule has 24 heavy (non-hydrogen) atoms. The van der Waals surface area contributed by atoms with Crippen LogP contribution >= 0.6 is 11.6 Å².